The molecule has 0 unspecified atom stereocenters. The van der Waals surface area contributed by atoms with Crippen LogP contribution < -0.4 is 10.6 Å². The number of fused-ring (bicyclic) bond motifs is 1. The lowest BCUT2D eigenvalue weighted by molar-refractivity contribution is -0.110. The standard InChI is InChI=1S/C29H32F2N4O4S/c1-5-35(6-2)10-9-32-29(37)27-17(3)26(33-18(27)4)15-24-23-14-22(7-8-25(23)34-28(24)36)40(38,39)16-19-11-20(30)13-21(31)12-19/h7-8,11-15,33H,5-6,9-10,16H2,1-4H3,(H,32,37)(H,34,36). The van der Waals surface area contributed by atoms with E-state index in [1.165, 1.54) is 18.2 Å². The summed E-state index contributed by atoms with van der Waals surface area (Å²) >= 11 is 0. The van der Waals surface area contributed by atoms with Crippen LogP contribution >= 0.6 is 0 Å². The summed E-state index contributed by atoms with van der Waals surface area (Å²) in [6.07, 6.45) is 1.59. The van der Waals surface area contributed by atoms with E-state index in [1.807, 2.05) is 0 Å². The Morgan fingerprint density at radius 1 is 1.05 bits per heavy atom. The summed E-state index contributed by atoms with van der Waals surface area (Å²) in [6, 6.07) is 6.81. The van der Waals surface area contributed by atoms with E-state index in [-0.39, 0.29) is 21.9 Å². The number of aromatic amines is 1. The second kappa shape index (κ2) is 11.7. The van der Waals surface area contributed by atoms with Crippen molar-refractivity contribution in [3.63, 3.8) is 0 Å². The lowest BCUT2D eigenvalue weighted by Gasteiger charge is -2.18. The number of likely N-dealkylation sites (N-methyl/N-ethyl adjacent to an activating group) is 1. The molecule has 2 heterocycles. The summed E-state index contributed by atoms with van der Waals surface area (Å²) in [5.74, 6) is -2.99. The fraction of sp³-hybridized carbons (Fsp3) is 0.310. The van der Waals surface area contributed by atoms with Gasteiger partial charge in [0.15, 0.2) is 9.84 Å². The van der Waals surface area contributed by atoms with Gasteiger partial charge in [0.05, 0.1) is 21.8 Å². The summed E-state index contributed by atoms with van der Waals surface area (Å²) in [5.41, 5.74) is 3.34. The van der Waals surface area contributed by atoms with Gasteiger partial charge in [-0.05, 0) is 74.5 Å². The fourth-order valence-corrected chi connectivity index (χ4v) is 6.21. The number of carbonyl (C=O) groups excluding carboxylic acids is 2. The molecule has 3 N–H and O–H groups in total. The smallest absolute Gasteiger partial charge is 0.256 e. The maximum absolute atomic E-state index is 13.6. The van der Waals surface area contributed by atoms with Gasteiger partial charge in [0.2, 0.25) is 0 Å². The van der Waals surface area contributed by atoms with Crippen LogP contribution in [0, 0.1) is 25.5 Å². The van der Waals surface area contributed by atoms with E-state index in [2.05, 4.69) is 34.4 Å². The summed E-state index contributed by atoms with van der Waals surface area (Å²) in [6.45, 7) is 10.7. The van der Waals surface area contributed by atoms with E-state index in [0.29, 0.717) is 46.4 Å². The second-order valence-corrected chi connectivity index (χ2v) is 11.7. The Morgan fingerprint density at radius 2 is 1.73 bits per heavy atom. The number of amides is 2. The molecule has 212 valence electrons. The molecule has 0 saturated carbocycles. The highest BCUT2D eigenvalue weighted by Crippen LogP contribution is 2.36. The van der Waals surface area contributed by atoms with Gasteiger partial charge in [0, 0.05) is 41.8 Å². The zero-order chi connectivity index (χ0) is 29.2. The van der Waals surface area contributed by atoms with Gasteiger partial charge >= 0.3 is 0 Å². The quantitative estimate of drug-likeness (QED) is 0.312. The molecule has 4 rings (SSSR count). The van der Waals surface area contributed by atoms with Crippen LogP contribution in [0.25, 0.3) is 11.6 Å². The van der Waals surface area contributed by atoms with Gasteiger partial charge in [-0.2, -0.15) is 0 Å². The molecule has 0 bridgehead atoms. The highest BCUT2D eigenvalue weighted by Gasteiger charge is 2.28. The molecule has 0 radical (unpaired) electrons. The molecule has 1 aromatic heterocycles. The predicted octanol–water partition coefficient (Wildman–Crippen LogP) is 4.45. The SMILES string of the molecule is CCN(CC)CCNC(=O)c1c(C)[nH]c(C=C2C(=O)Nc3ccc(S(=O)(=O)Cc4cc(F)cc(F)c4)cc32)c1C. The average molecular weight is 571 g/mol. The number of rotatable bonds is 10. The van der Waals surface area contributed by atoms with E-state index in [0.717, 1.165) is 31.8 Å². The normalized spacial score (nSPS) is 14.1. The summed E-state index contributed by atoms with van der Waals surface area (Å²) in [7, 11) is -3.99. The van der Waals surface area contributed by atoms with Crippen LogP contribution in [0.15, 0.2) is 41.3 Å². The number of hydrogen-bond acceptors (Lipinski definition) is 5. The third kappa shape index (κ3) is 6.15. The van der Waals surface area contributed by atoms with Crippen LogP contribution in [0.3, 0.4) is 0 Å². The van der Waals surface area contributed by atoms with Crippen molar-refractivity contribution in [2.24, 2.45) is 0 Å². The molecular formula is C29H32F2N4O4S. The number of aromatic nitrogens is 1. The van der Waals surface area contributed by atoms with Crippen molar-refractivity contribution >= 4 is 39.0 Å². The molecule has 0 fully saturated rings. The molecule has 2 amide bonds. The molecule has 0 spiro atoms. The molecular weight excluding hydrogens is 538 g/mol. The number of carbonyl (C=O) groups is 2. The van der Waals surface area contributed by atoms with Crippen LogP contribution in [0.1, 0.15) is 52.3 Å². The monoisotopic (exact) mass is 570 g/mol. The van der Waals surface area contributed by atoms with Crippen molar-refractivity contribution in [3.8, 4) is 0 Å². The predicted molar refractivity (Wildman–Crippen MR) is 151 cm³/mol. The number of sulfone groups is 1. The maximum Gasteiger partial charge on any atom is 0.256 e. The largest absolute Gasteiger partial charge is 0.358 e. The summed E-state index contributed by atoms with van der Waals surface area (Å²) in [5, 5.41) is 5.67. The Hall–Kier alpha value is -3.83. The zero-order valence-electron chi connectivity index (χ0n) is 22.8. The average Bonchev–Trinajstić information content (AvgIpc) is 3.34. The number of H-pyrrole nitrogens is 1. The van der Waals surface area contributed by atoms with E-state index in [4.69, 9.17) is 0 Å². The third-order valence-corrected chi connectivity index (χ3v) is 8.70. The number of anilines is 1. The second-order valence-electron chi connectivity index (χ2n) is 9.70. The van der Waals surface area contributed by atoms with Crippen LogP contribution in [0.2, 0.25) is 0 Å². The van der Waals surface area contributed by atoms with Gasteiger partial charge in [-0.3, -0.25) is 9.59 Å². The van der Waals surface area contributed by atoms with Gasteiger partial charge in [-0.1, -0.05) is 13.8 Å². The highest BCUT2D eigenvalue weighted by molar-refractivity contribution is 7.90. The molecule has 1 aliphatic rings. The Balaban J connectivity index is 1.62. The number of aryl methyl sites for hydroxylation is 1. The number of nitrogens with zero attached hydrogens (tertiary/aromatic N) is 1. The van der Waals surface area contributed by atoms with Crippen molar-refractivity contribution in [1.82, 2.24) is 15.2 Å². The van der Waals surface area contributed by atoms with Gasteiger partial charge in [-0.25, -0.2) is 17.2 Å². The van der Waals surface area contributed by atoms with Gasteiger partial charge in [0.25, 0.3) is 11.8 Å². The third-order valence-electron chi connectivity index (χ3n) is 7.01. The first-order chi connectivity index (χ1) is 18.9. The Kier molecular flexibility index (Phi) is 8.55. The number of benzene rings is 2. The lowest BCUT2D eigenvalue weighted by atomic mass is 10.0. The molecule has 8 nitrogen and oxygen atoms in total. The molecule has 0 saturated heterocycles. The van der Waals surface area contributed by atoms with Gasteiger partial charge in [0.1, 0.15) is 11.6 Å². The van der Waals surface area contributed by atoms with Crippen molar-refractivity contribution in [2.75, 3.05) is 31.5 Å². The van der Waals surface area contributed by atoms with Crippen LogP contribution in [0.5, 0.6) is 0 Å². The first-order valence-corrected chi connectivity index (χ1v) is 14.6. The van der Waals surface area contributed by atoms with Crippen molar-refractivity contribution in [3.05, 3.63) is 81.7 Å². The molecule has 0 atom stereocenters. The maximum atomic E-state index is 13.6. The first-order valence-electron chi connectivity index (χ1n) is 13.0. The molecule has 40 heavy (non-hydrogen) atoms. The number of nitrogens with one attached hydrogen (secondary N) is 3. The minimum Gasteiger partial charge on any atom is -0.358 e. The number of hydrogen-bond donors (Lipinski definition) is 3. The molecule has 2 aromatic carbocycles. The molecule has 3 aromatic rings. The van der Waals surface area contributed by atoms with Crippen molar-refractivity contribution in [1.29, 1.82) is 0 Å². The van der Waals surface area contributed by atoms with E-state index >= 15 is 0 Å². The van der Waals surface area contributed by atoms with Gasteiger partial charge in [-0.15, -0.1) is 0 Å². The Bertz CT molecular complexity index is 1590. The molecule has 1 aliphatic heterocycles. The minimum absolute atomic E-state index is 0.0247. The van der Waals surface area contributed by atoms with Crippen LogP contribution in [0.4, 0.5) is 14.5 Å². The highest BCUT2D eigenvalue weighted by atomic mass is 32.2. The fourth-order valence-electron chi connectivity index (χ4n) is 4.86. The minimum atomic E-state index is -3.99. The van der Waals surface area contributed by atoms with E-state index in [1.54, 1.807) is 19.9 Å². The summed E-state index contributed by atoms with van der Waals surface area (Å²) < 4.78 is 53.4. The van der Waals surface area contributed by atoms with E-state index in [9.17, 15) is 26.8 Å². The summed E-state index contributed by atoms with van der Waals surface area (Å²) in [4.78, 5) is 31.1. The molecule has 0 aliphatic carbocycles. The van der Waals surface area contributed by atoms with Crippen molar-refractivity contribution in [2.45, 2.75) is 38.3 Å². The van der Waals surface area contributed by atoms with Crippen LogP contribution in [-0.4, -0.2) is 56.3 Å². The molecule has 11 heteroatoms. The van der Waals surface area contributed by atoms with E-state index < -0.39 is 33.1 Å². The van der Waals surface area contributed by atoms with Crippen molar-refractivity contribution < 1.29 is 26.8 Å². The topological polar surface area (TPSA) is 111 Å². The van der Waals surface area contributed by atoms with Gasteiger partial charge < -0.3 is 20.5 Å². The first kappa shape index (κ1) is 29.2. The zero-order valence-corrected chi connectivity index (χ0v) is 23.6. The lowest BCUT2D eigenvalue weighted by Crippen LogP contribution is -2.35. The van der Waals surface area contributed by atoms with Crippen LogP contribution in [-0.2, 0) is 20.4 Å². The Labute approximate surface area is 232 Å². The Morgan fingerprint density at radius 3 is 2.38 bits per heavy atom. The number of halogens is 2.